The Hall–Kier alpha value is -3.56. The highest BCUT2D eigenvalue weighted by Crippen LogP contribution is 2.29. The number of halogens is 1. The van der Waals surface area contributed by atoms with E-state index in [-0.39, 0.29) is 12.0 Å². The van der Waals surface area contributed by atoms with Gasteiger partial charge in [0.2, 0.25) is 5.95 Å². The molecule has 2 aromatic heterocycles. The smallest absolute Gasteiger partial charge is 0.318 e. The first-order valence-corrected chi connectivity index (χ1v) is 9.21. The van der Waals surface area contributed by atoms with Crippen LogP contribution in [0.3, 0.4) is 0 Å². The molecule has 0 amide bonds. The number of nitrogens with zero attached hydrogens (tertiary/aromatic N) is 5. The van der Waals surface area contributed by atoms with E-state index in [2.05, 4.69) is 20.5 Å². The average Bonchev–Trinajstić information content (AvgIpc) is 3.23. The summed E-state index contributed by atoms with van der Waals surface area (Å²) in [5, 5.41) is 13.2. The van der Waals surface area contributed by atoms with E-state index < -0.39 is 22.7 Å². The van der Waals surface area contributed by atoms with E-state index in [0.717, 1.165) is 31.7 Å². The number of fused-ring (bicyclic) bond motifs is 1. The zero-order chi connectivity index (χ0) is 20.5. The lowest BCUT2D eigenvalue weighted by atomic mass is 10.2. The standard InChI is InChI=1S/C19H19FN6O3/c1-25-14-10-21-19(24-22-9-11-6-7-15(27)13(20)8-11)23-16(14)26(18(29)17(25)28)12-4-2-3-5-12/h6-10,12,27H,2-5H2,1H3,(H,21,23,24). The maximum atomic E-state index is 13.4. The Morgan fingerprint density at radius 3 is 2.76 bits per heavy atom. The van der Waals surface area contributed by atoms with Gasteiger partial charge in [-0.1, -0.05) is 12.8 Å². The monoisotopic (exact) mass is 398 g/mol. The third-order valence-corrected chi connectivity index (χ3v) is 5.09. The summed E-state index contributed by atoms with van der Waals surface area (Å²) in [6, 6.07) is 3.79. The molecule has 2 heterocycles. The molecule has 0 spiro atoms. The summed E-state index contributed by atoms with van der Waals surface area (Å²) in [5.41, 5.74) is 2.70. The topological polar surface area (TPSA) is 114 Å². The first-order valence-electron chi connectivity index (χ1n) is 9.21. The molecule has 1 aromatic carbocycles. The van der Waals surface area contributed by atoms with E-state index in [9.17, 15) is 19.1 Å². The van der Waals surface area contributed by atoms with Crippen LogP contribution in [-0.2, 0) is 7.05 Å². The maximum absolute atomic E-state index is 13.4. The maximum Gasteiger partial charge on any atom is 0.318 e. The zero-order valence-corrected chi connectivity index (χ0v) is 15.7. The van der Waals surface area contributed by atoms with Crippen LogP contribution in [0.25, 0.3) is 11.2 Å². The molecular formula is C19H19FN6O3. The highest BCUT2D eigenvalue weighted by Gasteiger charge is 2.23. The van der Waals surface area contributed by atoms with Gasteiger partial charge in [-0.15, -0.1) is 0 Å². The molecule has 29 heavy (non-hydrogen) atoms. The van der Waals surface area contributed by atoms with Crippen LogP contribution in [0.5, 0.6) is 5.75 Å². The van der Waals surface area contributed by atoms with Gasteiger partial charge in [0, 0.05) is 13.1 Å². The van der Waals surface area contributed by atoms with Gasteiger partial charge in [0.1, 0.15) is 5.52 Å². The van der Waals surface area contributed by atoms with Gasteiger partial charge < -0.3 is 9.67 Å². The predicted molar refractivity (Wildman–Crippen MR) is 106 cm³/mol. The van der Waals surface area contributed by atoms with Crippen LogP contribution in [0.2, 0.25) is 0 Å². The van der Waals surface area contributed by atoms with E-state index in [1.807, 2.05) is 0 Å². The Morgan fingerprint density at radius 1 is 1.28 bits per heavy atom. The molecule has 0 aliphatic heterocycles. The largest absolute Gasteiger partial charge is 0.505 e. The quantitative estimate of drug-likeness (QED) is 0.394. The average molecular weight is 398 g/mol. The molecule has 9 nitrogen and oxygen atoms in total. The fraction of sp³-hybridized carbons (Fsp3) is 0.316. The summed E-state index contributed by atoms with van der Waals surface area (Å²) in [6.07, 6.45) is 6.45. The van der Waals surface area contributed by atoms with E-state index in [4.69, 9.17) is 0 Å². The van der Waals surface area contributed by atoms with E-state index in [1.54, 1.807) is 0 Å². The number of nitrogens with one attached hydrogen (secondary N) is 1. The van der Waals surface area contributed by atoms with Crippen LogP contribution >= 0.6 is 0 Å². The first kappa shape index (κ1) is 18.8. The highest BCUT2D eigenvalue weighted by atomic mass is 19.1. The van der Waals surface area contributed by atoms with Crippen molar-refractivity contribution < 1.29 is 9.50 Å². The summed E-state index contributed by atoms with van der Waals surface area (Å²) < 4.78 is 16.1. The molecule has 3 aromatic rings. The van der Waals surface area contributed by atoms with E-state index >= 15 is 0 Å². The van der Waals surface area contributed by atoms with Crippen molar-refractivity contribution in [3.63, 3.8) is 0 Å². The number of anilines is 1. The van der Waals surface area contributed by atoms with Crippen LogP contribution in [0.4, 0.5) is 10.3 Å². The summed E-state index contributed by atoms with van der Waals surface area (Å²) in [6.45, 7) is 0. The van der Waals surface area contributed by atoms with Gasteiger partial charge >= 0.3 is 11.1 Å². The van der Waals surface area contributed by atoms with Gasteiger partial charge in [0.15, 0.2) is 17.2 Å². The van der Waals surface area contributed by atoms with E-state index in [0.29, 0.717) is 16.7 Å². The van der Waals surface area contributed by atoms with Gasteiger partial charge in [-0.2, -0.15) is 10.1 Å². The van der Waals surface area contributed by atoms with Crippen LogP contribution in [-0.4, -0.2) is 30.4 Å². The number of hydrazone groups is 1. The number of hydrogen-bond donors (Lipinski definition) is 2. The molecule has 0 atom stereocenters. The third kappa shape index (κ3) is 3.48. The molecule has 0 radical (unpaired) electrons. The van der Waals surface area contributed by atoms with Crippen molar-refractivity contribution in [3.8, 4) is 5.75 Å². The van der Waals surface area contributed by atoms with Gasteiger partial charge in [-0.25, -0.2) is 14.8 Å². The second-order valence-electron chi connectivity index (χ2n) is 6.96. The number of phenols is 1. The normalized spacial score (nSPS) is 14.8. The minimum absolute atomic E-state index is 0.0647. The van der Waals surface area contributed by atoms with Gasteiger partial charge in [0.25, 0.3) is 0 Å². The molecule has 4 rings (SSSR count). The fourth-order valence-corrected chi connectivity index (χ4v) is 3.56. The lowest BCUT2D eigenvalue weighted by Gasteiger charge is -2.17. The number of phenolic OH excluding ortho intramolecular Hbond substituents is 1. The molecule has 2 N–H and O–H groups in total. The number of aromatic hydroxyl groups is 1. The predicted octanol–water partition coefficient (Wildman–Crippen LogP) is 1.90. The molecule has 150 valence electrons. The minimum Gasteiger partial charge on any atom is -0.505 e. The van der Waals surface area contributed by atoms with Crippen molar-refractivity contribution in [2.75, 3.05) is 5.43 Å². The second kappa shape index (κ2) is 7.46. The molecule has 0 unspecified atom stereocenters. The third-order valence-electron chi connectivity index (χ3n) is 5.09. The molecule has 10 heteroatoms. The van der Waals surface area contributed by atoms with Crippen LogP contribution in [0.15, 0.2) is 39.1 Å². The SMILES string of the molecule is Cn1c(=O)c(=O)n(C2CCCC2)c2nc(NN=Cc3ccc(O)c(F)c3)ncc21. The van der Waals surface area contributed by atoms with Gasteiger partial charge in [0.05, 0.1) is 12.4 Å². The highest BCUT2D eigenvalue weighted by molar-refractivity contribution is 5.80. The number of benzene rings is 1. The number of rotatable bonds is 4. The lowest BCUT2D eigenvalue weighted by Crippen LogP contribution is -2.42. The van der Waals surface area contributed by atoms with Gasteiger partial charge in [-0.05, 0) is 36.6 Å². The van der Waals surface area contributed by atoms with Crippen molar-refractivity contribution in [3.05, 3.63) is 56.5 Å². The molecule has 0 saturated heterocycles. The Morgan fingerprint density at radius 2 is 2.03 bits per heavy atom. The number of aromatic nitrogens is 4. The summed E-state index contributed by atoms with van der Waals surface area (Å²) in [7, 11) is 1.51. The molecule has 1 saturated carbocycles. The molecule has 1 aliphatic carbocycles. The zero-order valence-electron chi connectivity index (χ0n) is 15.7. The summed E-state index contributed by atoms with van der Waals surface area (Å²) in [4.78, 5) is 33.5. The van der Waals surface area contributed by atoms with Gasteiger partial charge in [-0.3, -0.25) is 14.2 Å². The molecular weight excluding hydrogens is 379 g/mol. The summed E-state index contributed by atoms with van der Waals surface area (Å²) in [5.74, 6) is -1.06. The summed E-state index contributed by atoms with van der Waals surface area (Å²) >= 11 is 0. The molecule has 0 bridgehead atoms. The minimum atomic E-state index is -0.752. The van der Waals surface area contributed by atoms with E-state index in [1.165, 1.54) is 40.7 Å². The van der Waals surface area contributed by atoms with Crippen LogP contribution in [0.1, 0.15) is 37.3 Å². The van der Waals surface area contributed by atoms with Crippen molar-refractivity contribution in [1.82, 2.24) is 19.1 Å². The molecule has 1 aliphatic rings. The second-order valence-corrected chi connectivity index (χ2v) is 6.96. The Labute approximate surface area is 164 Å². The number of aryl methyl sites for hydroxylation is 1. The first-order chi connectivity index (χ1) is 14.0. The Balaban J connectivity index is 1.71. The van der Waals surface area contributed by atoms with Crippen molar-refractivity contribution in [2.24, 2.45) is 12.1 Å². The van der Waals surface area contributed by atoms with Crippen LogP contribution in [0, 0.1) is 5.82 Å². The van der Waals surface area contributed by atoms with Crippen LogP contribution < -0.4 is 16.5 Å². The Kier molecular flexibility index (Phi) is 4.83. The lowest BCUT2D eigenvalue weighted by molar-refractivity contribution is 0.432. The number of hydrogen-bond acceptors (Lipinski definition) is 7. The molecule has 1 fully saturated rings. The van der Waals surface area contributed by atoms with Crippen molar-refractivity contribution >= 4 is 23.3 Å². The Bertz CT molecular complexity index is 1230. The van der Waals surface area contributed by atoms with Crippen molar-refractivity contribution in [2.45, 2.75) is 31.7 Å². The van der Waals surface area contributed by atoms with Crippen molar-refractivity contribution in [1.29, 1.82) is 0 Å². The fourth-order valence-electron chi connectivity index (χ4n) is 3.56.